The Morgan fingerprint density at radius 1 is 1.36 bits per heavy atom. The second kappa shape index (κ2) is 8.21. The summed E-state index contributed by atoms with van der Waals surface area (Å²) in [4.78, 5) is 23.6. The number of fused-ring (bicyclic) bond motifs is 1. The monoisotopic (exact) mass is 393 g/mol. The number of likely N-dealkylation sites (tertiary alicyclic amines) is 1. The summed E-state index contributed by atoms with van der Waals surface area (Å²) in [5, 5.41) is 11.9. The van der Waals surface area contributed by atoms with Crippen molar-refractivity contribution in [2.75, 3.05) is 19.6 Å². The minimum atomic E-state index is -0.742. The van der Waals surface area contributed by atoms with Crippen LogP contribution in [0, 0.1) is 24.2 Å². The van der Waals surface area contributed by atoms with Gasteiger partial charge in [0.25, 0.3) is 0 Å². The van der Waals surface area contributed by atoms with Gasteiger partial charge in [0.15, 0.2) is 11.7 Å². The summed E-state index contributed by atoms with van der Waals surface area (Å²) in [6, 6.07) is 10.3. The van der Waals surface area contributed by atoms with Crippen LogP contribution in [0.25, 0.3) is 11.0 Å². The summed E-state index contributed by atoms with van der Waals surface area (Å²) < 4.78 is 2.23. The van der Waals surface area contributed by atoms with Gasteiger partial charge in [-0.3, -0.25) is 9.69 Å². The average Bonchev–Trinajstić information content (AvgIpc) is 3.31. The highest BCUT2D eigenvalue weighted by Gasteiger charge is 2.27. The van der Waals surface area contributed by atoms with Gasteiger partial charge in [0.1, 0.15) is 5.01 Å². The second-order valence-electron chi connectivity index (χ2n) is 7.46. The van der Waals surface area contributed by atoms with Gasteiger partial charge >= 0.3 is 0 Å². The Balaban J connectivity index is 1.31. The van der Waals surface area contributed by atoms with Crippen molar-refractivity contribution >= 4 is 28.2 Å². The van der Waals surface area contributed by atoms with E-state index in [4.69, 9.17) is 0 Å². The van der Waals surface area contributed by atoms with Gasteiger partial charge in [-0.15, -0.1) is 11.3 Å². The molecule has 2 aromatic heterocycles. The highest BCUT2D eigenvalue weighted by Crippen LogP contribution is 2.24. The Kier molecular flexibility index (Phi) is 5.51. The third kappa shape index (κ3) is 3.98. The molecule has 1 unspecified atom stereocenters. The fourth-order valence-electron chi connectivity index (χ4n) is 3.84. The van der Waals surface area contributed by atoms with Gasteiger partial charge in [-0.1, -0.05) is 12.1 Å². The van der Waals surface area contributed by atoms with E-state index in [0.29, 0.717) is 17.5 Å². The lowest BCUT2D eigenvalue weighted by Gasteiger charge is -2.32. The molecule has 0 saturated carbocycles. The molecule has 1 aromatic carbocycles. The first kappa shape index (κ1) is 18.8. The predicted molar refractivity (Wildman–Crippen MR) is 109 cm³/mol. The van der Waals surface area contributed by atoms with Crippen LogP contribution in [0.2, 0.25) is 0 Å². The molecule has 3 heterocycles. The van der Waals surface area contributed by atoms with Gasteiger partial charge in [0.2, 0.25) is 0 Å². The van der Waals surface area contributed by atoms with Crippen molar-refractivity contribution in [1.29, 1.82) is 5.26 Å². The highest BCUT2D eigenvalue weighted by atomic mass is 32.1. The third-order valence-electron chi connectivity index (χ3n) is 5.40. The van der Waals surface area contributed by atoms with Crippen molar-refractivity contribution in [2.24, 2.45) is 5.92 Å². The summed E-state index contributed by atoms with van der Waals surface area (Å²) in [6.45, 7) is 4.95. The molecule has 1 fully saturated rings. The molecule has 1 saturated heterocycles. The number of para-hydroxylation sites is 2. The number of rotatable bonds is 6. The van der Waals surface area contributed by atoms with Crippen molar-refractivity contribution in [3.63, 3.8) is 0 Å². The third-order valence-corrected chi connectivity index (χ3v) is 6.43. The standard InChI is InChI=1S/C21H23N5OS/c1-15-13-28-21(24-15)17(10-22)20(27)12-25-8-6-16(7-9-25)11-26-14-23-18-4-2-3-5-19(18)26/h2-5,13-14,16-17H,6-9,11-12H2,1H3. The molecule has 7 heteroatoms. The largest absolute Gasteiger partial charge is 0.330 e. The average molecular weight is 394 g/mol. The number of ketones is 1. The number of Topliss-reactive ketones (excluding diaryl/α,β-unsaturated/α-hetero) is 1. The molecule has 28 heavy (non-hydrogen) atoms. The van der Waals surface area contributed by atoms with Crippen molar-refractivity contribution in [2.45, 2.75) is 32.2 Å². The smallest absolute Gasteiger partial charge is 0.170 e. The first-order chi connectivity index (χ1) is 13.6. The lowest BCUT2D eigenvalue weighted by molar-refractivity contribution is -0.120. The Bertz CT molecular complexity index is 1010. The second-order valence-corrected chi connectivity index (χ2v) is 8.35. The van der Waals surface area contributed by atoms with E-state index in [1.54, 1.807) is 0 Å². The zero-order chi connectivity index (χ0) is 19.5. The summed E-state index contributed by atoms with van der Waals surface area (Å²) in [7, 11) is 0. The zero-order valence-electron chi connectivity index (χ0n) is 15.9. The van der Waals surface area contributed by atoms with E-state index in [1.807, 2.05) is 36.8 Å². The van der Waals surface area contributed by atoms with Crippen molar-refractivity contribution < 1.29 is 4.79 Å². The normalized spacial score (nSPS) is 16.9. The highest BCUT2D eigenvalue weighted by molar-refractivity contribution is 7.09. The first-order valence-electron chi connectivity index (χ1n) is 9.60. The van der Waals surface area contributed by atoms with Crippen LogP contribution in [0.4, 0.5) is 0 Å². The number of nitriles is 1. The number of hydrogen-bond donors (Lipinski definition) is 0. The molecule has 1 aliphatic rings. The quantitative estimate of drug-likeness (QED) is 0.642. The number of benzene rings is 1. The van der Waals surface area contributed by atoms with Crippen LogP contribution < -0.4 is 0 Å². The fourth-order valence-corrected chi connectivity index (χ4v) is 4.70. The number of carbonyl (C=O) groups is 1. The molecular formula is C21H23N5OS. The Morgan fingerprint density at radius 3 is 2.86 bits per heavy atom. The van der Waals surface area contributed by atoms with Crippen molar-refractivity contribution in [3.8, 4) is 6.07 Å². The SMILES string of the molecule is Cc1csc(C(C#N)C(=O)CN2CCC(Cn3cnc4ccccc43)CC2)n1. The van der Waals surface area contributed by atoms with Gasteiger partial charge in [-0.25, -0.2) is 9.97 Å². The Morgan fingerprint density at radius 2 is 2.14 bits per heavy atom. The van der Waals surface area contributed by atoms with E-state index in [0.717, 1.165) is 43.7 Å². The number of piperidine rings is 1. The van der Waals surface area contributed by atoms with Crippen LogP contribution in [0.5, 0.6) is 0 Å². The maximum atomic E-state index is 12.6. The molecule has 0 N–H and O–H groups in total. The lowest BCUT2D eigenvalue weighted by Crippen LogP contribution is -2.39. The fraction of sp³-hybridized carbons (Fsp3) is 0.429. The summed E-state index contributed by atoms with van der Waals surface area (Å²) in [6.07, 6.45) is 4.02. The van der Waals surface area contributed by atoms with Crippen LogP contribution in [-0.2, 0) is 11.3 Å². The number of imidazole rings is 1. The Hall–Kier alpha value is -2.56. The molecule has 1 atom stereocenters. The zero-order valence-corrected chi connectivity index (χ0v) is 16.7. The number of nitrogens with zero attached hydrogens (tertiary/aromatic N) is 5. The molecule has 0 amide bonds. The summed E-state index contributed by atoms with van der Waals surface area (Å²) in [5.74, 6) is -0.207. The van der Waals surface area contributed by atoms with Crippen LogP contribution in [0.1, 0.15) is 29.5 Å². The minimum Gasteiger partial charge on any atom is -0.330 e. The molecule has 6 nitrogen and oxygen atoms in total. The first-order valence-corrected chi connectivity index (χ1v) is 10.5. The summed E-state index contributed by atoms with van der Waals surface area (Å²) >= 11 is 1.39. The van der Waals surface area contributed by atoms with Crippen LogP contribution >= 0.6 is 11.3 Å². The van der Waals surface area contributed by atoms with E-state index >= 15 is 0 Å². The van der Waals surface area contributed by atoms with E-state index < -0.39 is 5.92 Å². The van der Waals surface area contributed by atoms with Gasteiger partial charge in [0, 0.05) is 17.6 Å². The molecule has 3 aromatic rings. The van der Waals surface area contributed by atoms with Crippen LogP contribution in [0.15, 0.2) is 36.0 Å². The number of aromatic nitrogens is 3. The molecule has 144 valence electrons. The number of hydrogen-bond acceptors (Lipinski definition) is 6. The minimum absolute atomic E-state index is 0.0455. The molecule has 0 bridgehead atoms. The topological polar surface area (TPSA) is 74.8 Å². The van der Waals surface area contributed by atoms with Gasteiger partial charge in [-0.05, 0) is 50.9 Å². The molecule has 0 spiro atoms. The molecule has 4 rings (SSSR count). The van der Waals surface area contributed by atoms with Crippen LogP contribution in [-0.4, -0.2) is 44.9 Å². The predicted octanol–water partition coefficient (Wildman–Crippen LogP) is 3.39. The van der Waals surface area contributed by atoms with Crippen molar-refractivity contribution in [1.82, 2.24) is 19.4 Å². The van der Waals surface area contributed by atoms with E-state index in [1.165, 1.54) is 16.9 Å². The van der Waals surface area contributed by atoms with Crippen molar-refractivity contribution in [3.05, 3.63) is 46.7 Å². The number of thiazole rings is 1. The van der Waals surface area contributed by atoms with E-state index in [9.17, 15) is 10.1 Å². The van der Waals surface area contributed by atoms with Crippen LogP contribution in [0.3, 0.4) is 0 Å². The molecular weight excluding hydrogens is 370 g/mol. The maximum Gasteiger partial charge on any atom is 0.170 e. The van der Waals surface area contributed by atoms with Gasteiger partial charge in [0.05, 0.1) is 30.0 Å². The van der Waals surface area contributed by atoms with E-state index in [2.05, 4.69) is 31.6 Å². The van der Waals surface area contributed by atoms with Gasteiger partial charge in [-0.2, -0.15) is 5.26 Å². The lowest BCUT2D eigenvalue weighted by atomic mass is 9.95. The number of aryl methyl sites for hydroxylation is 1. The Labute approximate surface area is 168 Å². The number of carbonyl (C=O) groups excluding carboxylic acids is 1. The van der Waals surface area contributed by atoms with E-state index in [-0.39, 0.29) is 5.78 Å². The maximum absolute atomic E-state index is 12.6. The summed E-state index contributed by atoms with van der Waals surface area (Å²) in [5.41, 5.74) is 3.07. The molecule has 0 aliphatic carbocycles. The van der Waals surface area contributed by atoms with Gasteiger partial charge < -0.3 is 4.57 Å². The molecule has 1 aliphatic heterocycles. The molecule has 0 radical (unpaired) electrons.